The van der Waals surface area contributed by atoms with E-state index in [1.54, 1.807) is 0 Å². The molecule has 6 nitrogen and oxygen atoms in total. The van der Waals surface area contributed by atoms with E-state index < -0.39 is 11.9 Å². The van der Waals surface area contributed by atoms with Crippen molar-refractivity contribution in [2.45, 2.75) is 73.1 Å². The Morgan fingerprint density at radius 3 is 0.913 bits per heavy atom. The van der Waals surface area contributed by atoms with Crippen molar-refractivity contribution in [3.63, 3.8) is 0 Å². The quantitative estimate of drug-likeness (QED) is 0.465. The summed E-state index contributed by atoms with van der Waals surface area (Å²) < 4.78 is 3.97. The molecule has 0 spiro atoms. The van der Waals surface area contributed by atoms with Crippen LogP contribution in [0.2, 0.25) is 0 Å². The predicted molar refractivity (Wildman–Crippen MR) is 81.8 cm³/mol. The normalized spacial score (nSPS) is 7.83. The zero-order valence-corrected chi connectivity index (χ0v) is 17.8. The topological polar surface area (TPSA) is 113 Å². The van der Waals surface area contributed by atoms with Crippen LogP contribution in [0.1, 0.15) is 73.1 Å². The van der Waals surface area contributed by atoms with Crippen LogP contribution in [0.3, 0.4) is 0 Å². The fraction of sp³-hybridized carbons (Fsp3) is 0.875. The molecular formula is C16H33O6Zr. The molecule has 1 radical (unpaired) electrons. The third-order valence-electron chi connectivity index (χ3n) is 1.78. The summed E-state index contributed by atoms with van der Waals surface area (Å²) in [5, 5.41) is 28.6. The van der Waals surface area contributed by atoms with Gasteiger partial charge >= 0.3 is 38.1 Å². The van der Waals surface area contributed by atoms with Crippen molar-refractivity contribution in [2.24, 2.45) is 0 Å². The maximum absolute atomic E-state index is 9.81. The first-order valence-corrected chi connectivity index (χ1v) is 7.80. The van der Waals surface area contributed by atoms with Gasteiger partial charge in [0.2, 0.25) is 0 Å². The minimum absolute atomic E-state index is 0. The van der Waals surface area contributed by atoms with E-state index in [4.69, 9.17) is 0 Å². The van der Waals surface area contributed by atoms with Gasteiger partial charge in [0.05, 0.1) is 0 Å². The Morgan fingerprint density at radius 2 is 0.913 bits per heavy atom. The summed E-state index contributed by atoms with van der Waals surface area (Å²) in [6.07, 6.45) is 5.59. The Bertz CT molecular complexity index is 180. The standard InChI is InChI=1S/C4H6O3.3C4H9O.Zr/c1-3(5)7-4(2)6;3*1-2-3-4-5;/h1-2H3;3*2-4H2,1H3;/q;3*-1;+3. The van der Waals surface area contributed by atoms with Crippen LogP contribution in [0, 0.1) is 0 Å². The summed E-state index contributed by atoms with van der Waals surface area (Å²) in [6.45, 7) is 8.68. The first-order chi connectivity index (χ1) is 10.4. The van der Waals surface area contributed by atoms with Crippen LogP contribution in [0.5, 0.6) is 0 Å². The molecule has 0 aliphatic carbocycles. The summed E-state index contributed by atoms with van der Waals surface area (Å²) in [5.41, 5.74) is 0. The van der Waals surface area contributed by atoms with Crippen molar-refractivity contribution in [3.8, 4) is 0 Å². The number of hydrogen-bond donors (Lipinski definition) is 0. The van der Waals surface area contributed by atoms with E-state index in [0.29, 0.717) is 0 Å². The average Bonchev–Trinajstić information content (AvgIpc) is 2.42. The molecule has 0 unspecified atom stereocenters. The fourth-order valence-corrected chi connectivity index (χ4v) is 0.635. The maximum atomic E-state index is 9.81. The Kier molecular flexibility index (Phi) is 56.4. The summed E-state index contributed by atoms with van der Waals surface area (Å²) in [7, 11) is 0. The minimum Gasteiger partial charge on any atom is -0.854 e. The van der Waals surface area contributed by atoms with Crippen LogP contribution in [0.15, 0.2) is 0 Å². The molecule has 7 heteroatoms. The Labute approximate surface area is 160 Å². The maximum Gasteiger partial charge on any atom is 3.00 e. The fourth-order valence-electron chi connectivity index (χ4n) is 0.635. The SMILES string of the molecule is CC(=O)OC(C)=O.CCCC[O-].CCCC[O-].CCCC[O-].[Zr+3]. The molecular weight excluding hydrogens is 379 g/mol. The molecule has 0 rings (SSSR count). The van der Waals surface area contributed by atoms with Gasteiger partial charge in [0, 0.05) is 13.8 Å². The zero-order chi connectivity index (χ0) is 18.2. The van der Waals surface area contributed by atoms with E-state index in [9.17, 15) is 24.9 Å². The molecule has 0 N–H and O–H groups in total. The van der Waals surface area contributed by atoms with E-state index in [0.717, 1.165) is 38.5 Å². The molecule has 137 valence electrons. The first kappa shape index (κ1) is 34.3. The molecule has 0 aliphatic heterocycles. The van der Waals surface area contributed by atoms with Gasteiger partial charge in [0.15, 0.2) is 0 Å². The predicted octanol–water partition coefficient (Wildman–Crippen LogP) is 0.534. The largest absolute Gasteiger partial charge is 3.00 e. The van der Waals surface area contributed by atoms with Crippen LogP contribution in [0.4, 0.5) is 0 Å². The molecule has 23 heavy (non-hydrogen) atoms. The van der Waals surface area contributed by atoms with Gasteiger partial charge in [-0.15, -0.1) is 19.8 Å². The second kappa shape index (κ2) is 37.8. The minimum atomic E-state index is -0.562. The smallest absolute Gasteiger partial charge is 0.854 e. The second-order valence-electron chi connectivity index (χ2n) is 4.26. The van der Waals surface area contributed by atoms with Crippen molar-refractivity contribution in [1.29, 1.82) is 0 Å². The number of unbranched alkanes of at least 4 members (excludes halogenated alkanes) is 3. The van der Waals surface area contributed by atoms with Crippen LogP contribution in [0.25, 0.3) is 0 Å². The molecule has 0 aromatic rings. The van der Waals surface area contributed by atoms with E-state index in [2.05, 4.69) is 4.74 Å². The van der Waals surface area contributed by atoms with Gasteiger partial charge in [-0.1, -0.05) is 59.3 Å². The average molecular weight is 413 g/mol. The van der Waals surface area contributed by atoms with Crippen molar-refractivity contribution in [1.82, 2.24) is 0 Å². The van der Waals surface area contributed by atoms with Crippen LogP contribution < -0.4 is 15.3 Å². The number of rotatable bonds is 6. The van der Waals surface area contributed by atoms with Gasteiger partial charge in [-0.25, -0.2) is 0 Å². The number of carbonyl (C=O) groups excluding carboxylic acids is 2. The molecule has 0 saturated carbocycles. The van der Waals surface area contributed by atoms with E-state index in [-0.39, 0.29) is 46.0 Å². The first-order valence-electron chi connectivity index (χ1n) is 7.80. The number of esters is 2. The van der Waals surface area contributed by atoms with E-state index >= 15 is 0 Å². The van der Waals surface area contributed by atoms with Crippen molar-refractivity contribution >= 4 is 11.9 Å². The Hall–Kier alpha value is -0.0969. The number of carbonyl (C=O) groups is 2. The van der Waals surface area contributed by atoms with Crippen LogP contribution >= 0.6 is 0 Å². The zero-order valence-electron chi connectivity index (χ0n) is 15.3. The van der Waals surface area contributed by atoms with Crippen LogP contribution in [-0.4, -0.2) is 31.8 Å². The van der Waals surface area contributed by atoms with Gasteiger partial charge in [-0.05, 0) is 0 Å². The molecule has 0 atom stereocenters. The monoisotopic (exact) mass is 411 g/mol. The van der Waals surface area contributed by atoms with E-state index in [1.165, 1.54) is 13.8 Å². The van der Waals surface area contributed by atoms with Crippen molar-refractivity contribution in [3.05, 3.63) is 0 Å². The van der Waals surface area contributed by atoms with Gasteiger partial charge in [-0.3, -0.25) is 9.59 Å². The number of hydrogen-bond acceptors (Lipinski definition) is 6. The summed E-state index contributed by atoms with van der Waals surface area (Å²) in [6, 6.07) is 0. The van der Waals surface area contributed by atoms with Gasteiger partial charge in [0.1, 0.15) is 0 Å². The van der Waals surface area contributed by atoms with E-state index in [1.807, 2.05) is 20.8 Å². The molecule has 0 saturated heterocycles. The second-order valence-corrected chi connectivity index (χ2v) is 4.26. The molecule has 0 aromatic carbocycles. The van der Waals surface area contributed by atoms with Crippen LogP contribution in [-0.2, 0) is 40.5 Å². The Morgan fingerprint density at radius 1 is 0.696 bits per heavy atom. The molecule has 0 aromatic heterocycles. The Balaban J connectivity index is -0.0000000625. The van der Waals surface area contributed by atoms with Crippen molar-refractivity contribution in [2.75, 3.05) is 19.8 Å². The molecule has 0 aliphatic rings. The molecule has 0 bridgehead atoms. The third kappa shape index (κ3) is 88.5. The van der Waals surface area contributed by atoms with Gasteiger partial charge in [0.25, 0.3) is 0 Å². The van der Waals surface area contributed by atoms with Gasteiger partial charge in [-0.2, -0.15) is 0 Å². The van der Waals surface area contributed by atoms with Gasteiger partial charge < -0.3 is 20.1 Å². The summed E-state index contributed by atoms with van der Waals surface area (Å²) >= 11 is 0. The number of ether oxygens (including phenoxy) is 1. The molecule has 0 amide bonds. The van der Waals surface area contributed by atoms with Crippen molar-refractivity contribution < 1.29 is 55.8 Å². The molecule has 0 heterocycles. The summed E-state index contributed by atoms with van der Waals surface area (Å²) in [5.74, 6) is -1.12. The molecule has 0 fully saturated rings. The summed E-state index contributed by atoms with van der Waals surface area (Å²) in [4.78, 5) is 19.6. The third-order valence-corrected chi connectivity index (χ3v) is 1.78.